The summed E-state index contributed by atoms with van der Waals surface area (Å²) in [7, 11) is -5.58. The highest BCUT2D eigenvalue weighted by Gasteiger charge is 2.37. The van der Waals surface area contributed by atoms with Gasteiger partial charge in [-0.05, 0) is 48.2 Å². The number of unbranched alkanes of at least 4 members (excludes halogenated alkanes) is 1. The molecule has 1 fully saturated rings. The average molecular weight is 468 g/mol. The predicted molar refractivity (Wildman–Crippen MR) is 123 cm³/mol. The van der Waals surface area contributed by atoms with Gasteiger partial charge < -0.3 is 19.6 Å². The molecule has 0 saturated carbocycles. The molecule has 1 aliphatic rings. The predicted octanol–water partition coefficient (Wildman–Crippen LogP) is 2.96. The Morgan fingerprint density at radius 1 is 1.19 bits per heavy atom. The fraction of sp³-hybridized carbons (Fsp3) is 0.455. The number of sulfonamides is 1. The normalized spacial score (nSPS) is 19.1. The second-order valence-electron chi connectivity index (χ2n) is 7.78. The Balaban J connectivity index is 1.65. The van der Waals surface area contributed by atoms with Crippen molar-refractivity contribution in [3.63, 3.8) is 0 Å². The van der Waals surface area contributed by atoms with Gasteiger partial charge in [0.2, 0.25) is 10.0 Å². The van der Waals surface area contributed by atoms with Crippen molar-refractivity contribution in [2.24, 2.45) is 0 Å². The van der Waals surface area contributed by atoms with Crippen LogP contribution < -0.4 is 9.61 Å². The molecule has 2 aromatic carbocycles. The van der Waals surface area contributed by atoms with Crippen LogP contribution in [0.2, 0.25) is 0 Å². The molecule has 1 heterocycles. The largest absolute Gasteiger partial charge is 0.388 e. The van der Waals surface area contributed by atoms with Crippen molar-refractivity contribution in [2.45, 2.75) is 51.4 Å². The van der Waals surface area contributed by atoms with Crippen molar-refractivity contribution in [1.82, 2.24) is 0 Å². The van der Waals surface area contributed by atoms with Gasteiger partial charge in [-0.15, -0.1) is 0 Å². The Bertz CT molecular complexity index is 951. The van der Waals surface area contributed by atoms with Gasteiger partial charge in [-0.3, -0.25) is 4.31 Å². The van der Waals surface area contributed by atoms with Crippen molar-refractivity contribution >= 4 is 29.4 Å². The van der Waals surface area contributed by atoms with Gasteiger partial charge in [-0.25, -0.2) is 8.42 Å². The van der Waals surface area contributed by atoms with Crippen molar-refractivity contribution in [2.75, 3.05) is 16.7 Å². The lowest BCUT2D eigenvalue weighted by Gasteiger charge is -2.25. The van der Waals surface area contributed by atoms with E-state index in [1.165, 1.54) is 4.31 Å². The summed E-state index contributed by atoms with van der Waals surface area (Å²) in [5.74, 6) is 0.0662. The van der Waals surface area contributed by atoms with Gasteiger partial charge in [-0.1, -0.05) is 44.0 Å². The smallest absolute Gasteiger partial charge is 0.235 e. The van der Waals surface area contributed by atoms with Crippen LogP contribution in [-0.2, 0) is 21.4 Å². The molecular weight excluding hydrogens is 437 g/mol. The third-order valence-electron chi connectivity index (χ3n) is 5.42. The summed E-state index contributed by atoms with van der Waals surface area (Å²) >= 11 is 0. The van der Waals surface area contributed by atoms with Gasteiger partial charge in [0, 0.05) is 5.30 Å². The monoisotopic (exact) mass is 467 g/mol. The first kappa shape index (κ1) is 24.1. The molecule has 2 aromatic rings. The first-order valence-electron chi connectivity index (χ1n) is 10.5. The number of aliphatic hydroxyl groups is 1. The molecule has 0 amide bonds. The molecule has 0 aliphatic carbocycles. The van der Waals surface area contributed by atoms with Gasteiger partial charge in [0.25, 0.3) is 0 Å². The van der Waals surface area contributed by atoms with Crippen LogP contribution in [0.3, 0.4) is 0 Å². The fourth-order valence-corrected chi connectivity index (χ4v) is 6.07. The summed E-state index contributed by atoms with van der Waals surface area (Å²) in [6, 6.07) is 13.6. The molecule has 7 nitrogen and oxygen atoms in total. The molecular formula is C22H30NO6PS. The van der Waals surface area contributed by atoms with Gasteiger partial charge >= 0.3 is 0 Å². The lowest BCUT2D eigenvalue weighted by atomic mass is 10.0. The molecule has 0 spiro atoms. The van der Waals surface area contributed by atoms with E-state index in [0.29, 0.717) is 23.8 Å². The van der Waals surface area contributed by atoms with Crippen LogP contribution in [0, 0.1) is 0 Å². The van der Waals surface area contributed by atoms with E-state index in [4.69, 9.17) is 4.74 Å². The zero-order chi connectivity index (χ0) is 22.4. The molecule has 2 atom stereocenters. The van der Waals surface area contributed by atoms with Crippen LogP contribution in [0.5, 0.6) is 0 Å². The average Bonchev–Trinajstić information content (AvgIpc) is 3.06. The number of aliphatic hydroxyl groups excluding tert-OH is 1. The van der Waals surface area contributed by atoms with E-state index in [1.807, 2.05) is 6.07 Å². The molecule has 3 rings (SSSR count). The Hall–Kier alpha value is -1.54. The van der Waals surface area contributed by atoms with Crippen molar-refractivity contribution in [1.29, 1.82) is 0 Å². The number of anilines is 1. The minimum atomic E-state index is -3.42. The standard InChI is InChI=1S/C22H30NO6PS/c1-2-3-7-22(24)18-8-10-19(11-9-18)23-20(12-13-31(23,27)28)16-29-15-17-5-4-6-21(14-17)30(25)26/h4-6,8-11,14,20,22,24-26H,2-3,7,12-13,15-16H2,1H3. The van der Waals surface area contributed by atoms with E-state index in [9.17, 15) is 23.3 Å². The number of rotatable bonds is 10. The van der Waals surface area contributed by atoms with E-state index in [0.717, 1.165) is 24.0 Å². The fourth-order valence-electron chi connectivity index (χ4n) is 3.74. The van der Waals surface area contributed by atoms with Gasteiger partial charge in [0.1, 0.15) is 0 Å². The Kier molecular flexibility index (Phi) is 8.44. The van der Waals surface area contributed by atoms with Crippen LogP contribution in [0.15, 0.2) is 48.5 Å². The summed E-state index contributed by atoms with van der Waals surface area (Å²) in [6.45, 7) is 2.56. The summed E-state index contributed by atoms with van der Waals surface area (Å²) in [4.78, 5) is 18.7. The second-order valence-corrected chi connectivity index (χ2v) is 10.8. The van der Waals surface area contributed by atoms with Crippen molar-refractivity contribution in [3.8, 4) is 0 Å². The lowest BCUT2D eigenvalue weighted by molar-refractivity contribution is 0.110. The lowest BCUT2D eigenvalue weighted by Crippen LogP contribution is -2.36. The van der Waals surface area contributed by atoms with Gasteiger partial charge in [-0.2, -0.15) is 0 Å². The number of benzene rings is 2. The second kappa shape index (κ2) is 10.9. The van der Waals surface area contributed by atoms with Crippen LogP contribution in [0.1, 0.15) is 49.8 Å². The SMILES string of the molecule is CCCCC(O)c1ccc(N2C(COCc3cccc(P(O)O)c3)CCS2(=O)=O)cc1. The number of ether oxygens (including phenoxy) is 1. The molecule has 0 bridgehead atoms. The third-order valence-corrected chi connectivity index (χ3v) is 8.02. The maximum absolute atomic E-state index is 12.7. The zero-order valence-corrected chi connectivity index (χ0v) is 19.3. The van der Waals surface area contributed by atoms with E-state index < -0.39 is 24.5 Å². The Morgan fingerprint density at radius 2 is 1.94 bits per heavy atom. The zero-order valence-electron chi connectivity index (χ0n) is 17.6. The summed E-state index contributed by atoms with van der Waals surface area (Å²) in [5.41, 5.74) is 2.16. The van der Waals surface area contributed by atoms with E-state index in [2.05, 4.69) is 6.92 Å². The minimum Gasteiger partial charge on any atom is -0.388 e. The minimum absolute atomic E-state index is 0.0662. The van der Waals surface area contributed by atoms with Crippen LogP contribution in [0.4, 0.5) is 5.69 Å². The van der Waals surface area contributed by atoms with Crippen LogP contribution in [-0.4, -0.2) is 41.7 Å². The highest BCUT2D eigenvalue weighted by molar-refractivity contribution is 7.93. The molecule has 3 N–H and O–H groups in total. The summed E-state index contributed by atoms with van der Waals surface area (Å²) in [5, 5.41) is 10.7. The molecule has 9 heteroatoms. The molecule has 2 unspecified atom stereocenters. The first-order chi connectivity index (χ1) is 14.8. The molecule has 170 valence electrons. The van der Waals surface area contributed by atoms with Crippen molar-refractivity contribution < 1.29 is 28.0 Å². The maximum Gasteiger partial charge on any atom is 0.235 e. The van der Waals surface area contributed by atoms with E-state index in [1.54, 1.807) is 42.5 Å². The maximum atomic E-state index is 12.7. The van der Waals surface area contributed by atoms with E-state index >= 15 is 0 Å². The Labute approximate surface area is 185 Å². The topological polar surface area (TPSA) is 107 Å². The highest BCUT2D eigenvalue weighted by Crippen LogP contribution is 2.31. The third kappa shape index (κ3) is 6.25. The number of hydrogen-bond acceptors (Lipinski definition) is 6. The Morgan fingerprint density at radius 3 is 2.61 bits per heavy atom. The number of hydrogen-bond donors (Lipinski definition) is 3. The highest BCUT2D eigenvalue weighted by atomic mass is 32.2. The van der Waals surface area contributed by atoms with Crippen LogP contribution in [0.25, 0.3) is 0 Å². The van der Waals surface area contributed by atoms with E-state index in [-0.39, 0.29) is 25.0 Å². The van der Waals surface area contributed by atoms with Crippen LogP contribution >= 0.6 is 8.38 Å². The van der Waals surface area contributed by atoms with Gasteiger partial charge in [0.15, 0.2) is 8.38 Å². The van der Waals surface area contributed by atoms with Crippen molar-refractivity contribution in [3.05, 3.63) is 59.7 Å². The van der Waals surface area contributed by atoms with Gasteiger partial charge in [0.05, 0.1) is 36.8 Å². The first-order valence-corrected chi connectivity index (χ1v) is 13.3. The molecule has 1 saturated heterocycles. The quantitative estimate of drug-likeness (QED) is 0.464. The molecule has 0 aromatic heterocycles. The molecule has 0 radical (unpaired) electrons. The summed E-state index contributed by atoms with van der Waals surface area (Å²) in [6.07, 6.45) is 2.56. The molecule has 1 aliphatic heterocycles. The summed E-state index contributed by atoms with van der Waals surface area (Å²) < 4.78 is 32.5. The number of nitrogens with zero attached hydrogens (tertiary/aromatic N) is 1. The molecule has 31 heavy (non-hydrogen) atoms.